The lowest BCUT2D eigenvalue weighted by Gasteiger charge is -2.13. The molecule has 0 saturated heterocycles. The summed E-state index contributed by atoms with van der Waals surface area (Å²) < 4.78 is 9.33. The van der Waals surface area contributed by atoms with E-state index in [1.54, 1.807) is 0 Å². The Morgan fingerprint density at radius 3 is 1.60 bits per heavy atom. The van der Waals surface area contributed by atoms with Crippen LogP contribution in [0.25, 0.3) is 127 Å². The standard InChI is InChI=1S/C57H34N4O/c1-4-15-35(16-5-1)36-27-29-38(30-28-36)56-58-55(37-17-6-2-7-18-37)59-57(60-56)46-32-31-41(51-45-23-12-13-26-50(45)62-54(46)51)39-33-47-43-22-11-10-21-42(43)44-24-14-25-48-52(44)53(47)49(34-39)61(48)40-19-8-3-9-20-40/h1-34H. The van der Waals surface area contributed by atoms with Crippen LogP contribution < -0.4 is 0 Å². The predicted octanol–water partition coefficient (Wildman–Crippen LogP) is 14.9. The molecule has 0 atom stereocenters. The summed E-state index contributed by atoms with van der Waals surface area (Å²) in [5.74, 6) is 1.74. The topological polar surface area (TPSA) is 56.7 Å². The molecule has 0 fully saturated rings. The van der Waals surface area contributed by atoms with Gasteiger partial charge in [-0.15, -0.1) is 0 Å². The smallest absolute Gasteiger partial charge is 0.167 e. The fraction of sp³-hybridized carbons (Fsp3) is 0. The van der Waals surface area contributed by atoms with Gasteiger partial charge in [0.05, 0.1) is 16.6 Å². The monoisotopic (exact) mass is 790 g/mol. The Labute approximate surface area is 356 Å². The fourth-order valence-corrected chi connectivity index (χ4v) is 9.61. The summed E-state index contributed by atoms with van der Waals surface area (Å²) in [4.78, 5) is 15.4. The van der Waals surface area contributed by atoms with Gasteiger partial charge in [-0.25, -0.2) is 15.0 Å². The first kappa shape index (κ1) is 34.5. The van der Waals surface area contributed by atoms with Crippen LogP contribution in [-0.4, -0.2) is 19.5 Å². The summed E-state index contributed by atoms with van der Waals surface area (Å²) in [7, 11) is 0. The Bertz CT molecular complexity index is 3830. The number of para-hydroxylation sites is 2. The molecule has 0 spiro atoms. The highest BCUT2D eigenvalue weighted by Crippen LogP contribution is 2.48. The van der Waals surface area contributed by atoms with Gasteiger partial charge < -0.3 is 8.98 Å². The molecule has 0 unspecified atom stereocenters. The highest BCUT2D eigenvalue weighted by molar-refractivity contribution is 6.35. The van der Waals surface area contributed by atoms with Gasteiger partial charge in [0.15, 0.2) is 17.5 Å². The van der Waals surface area contributed by atoms with Gasteiger partial charge in [0, 0.05) is 38.4 Å². The van der Waals surface area contributed by atoms with E-state index in [4.69, 9.17) is 19.4 Å². The van der Waals surface area contributed by atoms with E-state index in [1.165, 1.54) is 43.4 Å². The van der Waals surface area contributed by atoms with Crippen molar-refractivity contribution in [1.82, 2.24) is 19.5 Å². The van der Waals surface area contributed by atoms with Gasteiger partial charge in [-0.2, -0.15) is 0 Å². The van der Waals surface area contributed by atoms with Crippen molar-refractivity contribution in [3.8, 4) is 62.1 Å². The van der Waals surface area contributed by atoms with Crippen molar-refractivity contribution >= 4 is 65.3 Å². The minimum atomic E-state index is 0.549. The van der Waals surface area contributed by atoms with Crippen LogP contribution in [0.5, 0.6) is 0 Å². The van der Waals surface area contributed by atoms with E-state index in [2.05, 4.69) is 162 Å². The van der Waals surface area contributed by atoms with Gasteiger partial charge in [0.2, 0.25) is 0 Å². The molecule has 0 aliphatic carbocycles. The summed E-state index contributed by atoms with van der Waals surface area (Å²) in [5.41, 5.74) is 12.1. The molecular formula is C57H34N4O. The van der Waals surface area contributed by atoms with Crippen LogP contribution in [0.2, 0.25) is 0 Å². The summed E-state index contributed by atoms with van der Waals surface area (Å²) in [6, 6.07) is 72.6. The van der Waals surface area contributed by atoms with Crippen LogP contribution in [0.4, 0.5) is 0 Å². The second-order valence-corrected chi connectivity index (χ2v) is 15.9. The average molecular weight is 791 g/mol. The molecule has 62 heavy (non-hydrogen) atoms. The normalized spacial score (nSPS) is 11.9. The Kier molecular flexibility index (Phi) is 7.54. The lowest BCUT2D eigenvalue weighted by Crippen LogP contribution is -2.00. The summed E-state index contributed by atoms with van der Waals surface area (Å²) in [6.07, 6.45) is 0. The van der Waals surface area contributed by atoms with E-state index in [0.717, 1.165) is 66.6 Å². The third-order valence-corrected chi connectivity index (χ3v) is 12.4. The Morgan fingerprint density at radius 2 is 0.855 bits per heavy atom. The fourth-order valence-electron chi connectivity index (χ4n) is 9.61. The average Bonchev–Trinajstić information content (AvgIpc) is 3.91. The molecule has 5 heteroatoms. The van der Waals surface area contributed by atoms with Gasteiger partial charge in [0.1, 0.15) is 11.2 Å². The molecular weight excluding hydrogens is 757 g/mol. The first-order chi connectivity index (χ1) is 30.7. The van der Waals surface area contributed by atoms with E-state index in [-0.39, 0.29) is 0 Å². The molecule has 0 N–H and O–H groups in total. The summed E-state index contributed by atoms with van der Waals surface area (Å²) >= 11 is 0. The van der Waals surface area contributed by atoms with Crippen molar-refractivity contribution in [2.24, 2.45) is 0 Å². The number of hydrogen-bond acceptors (Lipinski definition) is 4. The second-order valence-electron chi connectivity index (χ2n) is 15.9. The van der Waals surface area contributed by atoms with Crippen LogP contribution in [0.3, 0.4) is 0 Å². The van der Waals surface area contributed by atoms with E-state index in [0.29, 0.717) is 17.5 Å². The largest absolute Gasteiger partial charge is 0.455 e. The van der Waals surface area contributed by atoms with Crippen LogP contribution in [0.15, 0.2) is 211 Å². The van der Waals surface area contributed by atoms with Crippen LogP contribution in [0, 0.1) is 0 Å². The number of fused-ring (bicyclic) bond motifs is 6. The summed E-state index contributed by atoms with van der Waals surface area (Å²) in [5, 5.41) is 9.59. The lowest BCUT2D eigenvalue weighted by atomic mass is 9.90. The van der Waals surface area contributed by atoms with E-state index >= 15 is 0 Å². The maximum atomic E-state index is 6.90. The minimum Gasteiger partial charge on any atom is -0.455 e. The van der Waals surface area contributed by atoms with E-state index < -0.39 is 0 Å². The van der Waals surface area contributed by atoms with E-state index in [1.807, 2.05) is 48.5 Å². The first-order valence-corrected chi connectivity index (χ1v) is 20.9. The Balaban J connectivity index is 1.07. The third-order valence-electron chi connectivity index (χ3n) is 12.4. The van der Waals surface area contributed by atoms with Crippen molar-refractivity contribution in [2.45, 2.75) is 0 Å². The van der Waals surface area contributed by atoms with Gasteiger partial charge >= 0.3 is 0 Å². The number of rotatable bonds is 6. The number of nitrogens with zero attached hydrogens (tertiary/aromatic N) is 4. The molecule has 0 aliphatic rings. The number of benzene rings is 10. The summed E-state index contributed by atoms with van der Waals surface area (Å²) in [6.45, 7) is 0. The molecule has 0 radical (unpaired) electrons. The number of aromatic nitrogens is 4. The molecule has 5 nitrogen and oxygen atoms in total. The molecule has 13 rings (SSSR count). The zero-order valence-corrected chi connectivity index (χ0v) is 33.3. The van der Waals surface area contributed by atoms with E-state index in [9.17, 15) is 0 Å². The molecule has 13 aromatic rings. The van der Waals surface area contributed by atoms with Crippen molar-refractivity contribution in [1.29, 1.82) is 0 Å². The second kappa shape index (κ2) is 13.6. The molecule has 3 aromatic heterocycles. The highest BCUT2D eigenvalue weighted by atomic mass is 16.3. The number of furan rings is 1. The predicted molar refractivity (Wildman–Crippen MR) is 255 cm³/mol. The van der Waals surface area contributed by atoms with Crippen molar-refractivity contribution in [3.05, 3.63) is 206 Å². The molecule has 0 saturated carbocycles. The Hall–Kier alpha value is -8.41. The van der Waals surface area contributed by atoms with Crippen LogP contribution in [-0.2, 0) is 0 Å². The third kappa shape index (κ3) is 5.25. The van der Waals surface area contributed by atoms with Gasteiger partial charge in [0.25, 0.3) is 0 Å². The lowest BCUT2D eigenvalue weighted by molar-refractivity contribution is 0.669. The maximum absolute atomic E-state index is 6.90. The molecule has 10 aromatic carbocycles. The zero-order chi connectivity index (χ0) is 40.7. The quantitative estimate of drug-likeness (QED) is 0.157. The molecule has 0 bridgehead atoms. The molecule has 0 aliphatic heterocycles. The van der Waals surface area contributed by atoms with Crippen LogP contribution >= 0.6 is 0 Å². The van der Waals surface area contributed by atoms with Gasteiger partial charge in [-0.3, -0.25) is 0 Å². The number of hydrogen-bond donors (Lipinski definition) is 0. The molecule has 0 amide bonds. The Morgan fingerprint density at radius 1 is 0.323 bits per heavy atom. The van der Waals surface area contributed by atoms with Gasteiger partial charge in [-0.1, -0.05) is 164 Å². The molecule has 288 valence electrons. The van der Waals surface area contributed by atoms with Crippen molar-refractivity contribution in [3.63, 3.8) is 0 Å². The van der Waals surface area contributed by atoms with Gasteiger partial charge in [-0.05, 0) is 86.3 Å². The minimum absolute atomic E-state index is 0.549. The highest BCUT2D eigenvalue weighted by Gasteiger charge is 2.24. The van der Waals surface area contributed by atoms with Crippen molar-refractivity contribution in [2.75, 3.05) is 0 Å². The maximum Gasteiger partial charge on any atom is 0.167 e. The first-order valence-electron chi connectivity index (χ1n) is 20.9. The van der Waals surface area contributed by atoms with Crippen molar-refractivity contribution < 1.29 is 4.42 Å². The zero-order valence-electron chi connectivity index (χ0n) is 33.3. The SMILES string of the molecule is c1ccc(-c2ccc(-c3nc(-c4ccccc4)nc(-c4ccc(-c5cc6c7ccccc7c7cccc8c7c6c(c5)n8-c5ccccc5)c5c4oc4ccccc45)n3)cc2)cc1. The van der Waals surface area contributed by atoms with Crippen LogP contribution in [0.1, 0.15) is 0 Å². The molecule has 3 heterocycles.